The van der Waals surface area contributed by atoms with Gasteiger partial charge in [-0.15, -0.1) is 0 Å². The highest BCUT2D eigenvalue weighted by Gasteiger charge is 2.26. The van der Waals surface area contributed by atoms with E-state index in [1.807, 2.05) is 4.90 Å². The molecule has 0 amide bonds. The molecule has 9 heteroatoms. The van der Waals surface area contributed by atoms with Crippen molar-refractivity contribution in [3.8, 4) is 0 Å². The third kappa shape index (κ3) is 4.36. The molecule has 1 aromatic heterocycles. The SMILES string of the molecule is CS(=O)(=O)NC[C@H]1CCCN(c2ncccc2[N+](=O)[O-])C1. The molecule has 0 aliphatic carbocycles. The van der Waals surface area contributed by atoms with Crippen molar-refractivity contribution in [2.24, 2.45) is 5.92 Å². The molecule has 1 aromatic rings. The highest BCUT2D eigenvalue weighted by atomic mass is 32.2. The molecule has 1 saturated heterocycles. The van der Waals surface area contributed by atoms with Crippen LogP contribution in [0.2, 0.25) is 0 Å². The molecule has 0 radical (unpaired) electrons. The molecule has 1 aliphatic rings. The van der Waals surface area contributed by atoms with E-state index in [1.165, 1.54) is 18.3 Å². The standard InChI is InChI=1S/C12H18N4O4S/c1-21(19,20)14-8-10-4-3-7-15(9-10)12-11(16(17)18)5-2-6-13-12/h2,5-6,10,14H,3-4,7-9H2,1H3/t10-/m1/s1. The molecule has 21 heavy (non-hydrogen) atoms. The van der Waals surface area contributed by atoms with Crippen LogP contribution in [-0.2, 0) is 10.0 Å². The van der Waals surface area contributed by atoms with E-state index in [1.54, 1.807) is 0 Å². The van der Waals surface area contributed by atoms with Gasteiger partial charge in [0.2, 0.25) is 15.8 Å². The number of nitrogens with zero attached hydrogens (tertiary/aromatic N) is 3. The minimum absolute atomic E-state index is 0.0192. The lowest BCUT2D eigenvalue weighted by Gasteiger charge is -2.33. The summed E-state index contributed by atoms with van der Waals surface area (Å²) in [6.45, 7) is 1.59. The number of rotatable bonds is 5. The molecule has 2 heterocycles. The maximum absolute atomic E-state index is 11.1. The molecular formula is C12H18N4O4S. The Bertz CT molecular complexity index is 619. The maximum atomic E-state index is 11.1. The summed E-state index contributed by atoms with van der Waals surface area (Å²) in [6.07, 6.45) is 4.39. The minimum atomic E-state index is -3.22. The third-order valence-electron chi connectivity index (χ3n) is 3.42. The van der Waals surface area contributed by atoms with Crippen LogP contribution in [-0.4, -0.2) is 44.2 Å². The second-order valence-electron chi connectivity index (χ2n) is 5.18. The van der Waals surface area contributed by atoms with Gasteiger partial charge in [0.1, 0.15) is 0 Å². The van der Waals surface area contributed by atoms with Gasteiger partial charge in [-0.25, -0.2) is 18.1 Å². The van der Waals surface area contributed by atoms with Crippen LogP contribution in [0, 0.1) is 16.0 Å². The number of hydrogen-bond acceptors (Lipinski definition) is 6. The predicted octanol–water partition coefficient (Wildman–Crippen LogP) is 0.755. The average Bonchev–Trinajstić information content (AvgIpc) is 2.45. The lowest BCUT2D eigenvalue weighted by Crippen LogP contribution is -2.41. The monoisotopic (exact) mass is 314 g/mol. The van der Waals surface area contributed by atoms with Gasteiger partial charge in [-0.1, -0.05) is 0 Å². The molecule has 8 nitrogen and oxygen atoms in total. The van der Waals surface area contributed by atoms with Gasteiger partial charge in [0.25, 0.3) is 0 Å². The third-order valence-corrected chi connectivity index (χ3v) is 4.11. The van der Waals surface area contributed by atoms with E-state index in [0.29, 0.717) is 25.5 Å². The molecule has 0 aromatic carbocycles. The zero-order valence-corrected chi connectivity index (χ0v) is 12.5. The zero-order valence-electron chi connectivity index (χ0n) is 11.7. The number of nitrogens with one attached hydrogen (secondary N) is 1. The molecule has 0 saturated carbocycles. The van der Waals surface area contributed by atoms with Crippen molar-refractivity contribution < 1.29 is 13.3 Å². The molecule has 0 bridgehead atoms. The van der Waals surface area contributed by atoms with E-state index in [0.717, 1.165) is 19.1 Å². The van der Waals surface area contributed by atoms with Crippen LogP contribution in [0.3, 0.4) is 0 Å². The molecule has 1 fully saturated rings. The van der Waals surface area contributed by atoms with Gasteiger partial charge in [-0.3, -0.25) is 10.1 Å². The van der Waals surface area contributed by atoms with Crippen molar-refractivity contribution in [2.75, 3.05) is 30.8 Å². The summed E-state index contributed by atoms with van der Waals surface area (Å²) in [5.41, 5.74) is -0.0192. The van der Waals surface area contributed by atoms with Crippen LogP contribution in [0.25, 0.3) is 0 Å². The summed E-state index contributed by atoms with van der Waals surface area (Å²) in [5, 5.41) is 11.1. The Morgan fingerprint density at radius 3 is 3.00 bits per heavy atom. The van der Waals surface area contributed by atoms with Gasteiger partial charge in [-0.05, 0) is 24.8 Å². The number of anilines is 1. The van der Waals surface area contributed by atoms with E-state index in [2.05, 4.69) is 9.71 Å². The first-order chi connectivity index (χ1) is 9.87. The lowest BCUT2D eigenvalue weighted by molar-refractivity contribution is -0.384. The van der Waals surface area contributed by atoms with Gasteiger partial charge in [0, 0.05) is 31.9 Å². The van der Waals surface area contributed by atoms with Crippen LogP contribution < -0.4 is 9.62 Å². The number of aromatic nitrogens is 1. The largest absolute Gasteiger partial charge is 0.351 e. The topological polar surface area (TPSA) is 105 Å². The van der Waals surface area contributed by atoms with Crippen LogP contribution in [0.4, 0.5) is 11.5 Å². The van der Waals surface area contributed by atoms with Crippen LogP contribution >= 0.6 is 0 Å². The molecule has 116 valence electrons. The highest BCUT2D eigenvalue weighted by Crippen LogP contribution is 2.28. The average molecular weight is 314 g/mol. The number of hydrogen-bond donors (Lipinski definition) is 1. The Balaban J connectivity index is 2.09. The number of sulfonamides is 1. The van der Waals surface area contributed by atoms with Gasteiger partial charge in [-0.2, -0.15) is 0 Å². The number of pyridine rings is 1. The maximum Gasteiger partial charge on any atom is 0.311 e. The first kappa shape index (κ1) is 15.6. The van der Waals surface area contributed by atoms with E-state index in [9.17, 15) is 18.5 Å². The molecule has 2 rings (SSSR count). The van der Waals surface area contributed by atoms with Gasteiger partial charge in [0.15, 0.2) is 0 Å². The van der Waals surface area contributed by atoms with Gasteiger partial charge >= 0.3 is 5.69 Å². The summed E-state index contributed by atoms with van der Waals surface area (Å²) in [4.78, 5) is 16.6. The molecule has 1 aliphatic heterocycles. The van der Waals surface area contributed by atoms with Crippen molar-refractivity contribution in [1.29, 1.82) is 0 Å². The summed E-state index contributed by atoms with van der Waals surface area (Å²) in [7, 11) is -3.22. The molecule has 1 N–H and O–H groups in total. The Morgan fingerprint density at radius 2 is 2.33 bits per heavy atom. The second kappa shape index (κ2) is 6.35. The van der Waals surface area contributed by atoms with Gasteiger partial charge < -0.3 is 4.90 Å². The van der Waals surface area contributed by atoms with Crippen LogP contribution in [0.15, 0.2) is 18.3 Å². The molecule has 0 spiro atoms. The zero-order chi connectivity index (χ0) is 15.5. The molecular weight excluding hydrogens is 296 g/mol. The minimum Gasteiger partial charge on any atom is -0.351 e. The fraction of sp³-hybridized carbons (Fsp3) is 0.583. The summed E-state index contributed by atoms with van der Waals surface area (Å²) in [6, 6.07) is 2.97. The lowest BCUT2D eigenvalue weighted by atomic mass is 9.98. The summed E-state index contributed by atoms with van der Waals surface area (Å²) in [5.74, 6) is 0.474. The van der Waals surface area contributed by atoms with Crippen LogP contribution in [0.5, 0.6) is 0 Å². The Morgan fingerprint density at radius 1 is 1.57 bits per heavy atom. The predicted molar refractivity (Wildman–Crippen MR) is 78.7 cm³/mol. The van der Waals surface area contributed by atoms with Gasteiger partial charge in [0.05, 0.1) is 11.2 Å². The quantitative estimate of drug-likeness (QED) is 0.635. The van der Waals surface area contributed by atoms with Crippen molar-refractivity contribution in [3.05, 3.63) is 28.4 Å². The normalized spacial score (nSPS) is 19.5. The second-order valence-corrected chi connectivity index (χ2v) is 7.01. The molecule has 1 atom stereocenters. The first-order valence-corrected chi connectivity index (χ1v) is 8.55. The van der Waals surface area contributed by atoms with Crippen molar-refractivity contribution >= 4 is 21.5 Å². The van der Waals surface area contributed by atoms with E-state index in [4.69, 9.17) is 0 Å². The van der Waals surface area contributed by atoms with E-state index >= 15 is 0 Å². The Kier molecular flexibility index (Phi) is 4.73. The Hall–Kier alpha value is -1.74. The van der Waals surface area contributed by atoms with E-state index in [-0.39, 0.29) is 11.6 Å². The smallest absolute Gasteiger partial charge is 0.311 e. The fourth-order valence-corrected chi connectivity index (χ4v) is 3.01. The molecule has 0 unspecified atom stereocenters. The van der Waals surface area contributed by atoms with Crippen molar-refractivity contribution in [2.45, 2.75) is 12.8 Å². The number of nitro groups is 1. The summed E-state index contributed by atoms with van der Waals surface area (Å²) >= 11 is 0. The fourth-order valence-electron chi connectivity index (χ4n) is 2.47. The van der Waals surface area contributed by atoms with E-state index < -0.39 is 14.9 Å². The van der Waals surface area contributed by atoms with Crippen molar-refractivity contribution in [1.82, 2.24) is 9.71 Å². The van der Waals surface area contributed by atoms with Crippen LogP contribution in [0.1, 0.15) is 12.8 Å². The Labute approximate surface area is 123 Å². The van der Waals surface area contributed by atoms with Crippen molar-refractivity contribution in [3.63, 3.8) is 0 Å². The highest BCUT2D eigenvalue weighted by molar-refractivity contribution is 7.88. The number of piperidine rings is 1. The summed E-state index contributed by atoms with van der Waals surface area (Å²) < 4.78 is 24.8. The first-order valence-electron chi connectivity index (χ1n) is 6.66.